The van der Waals surface area contributed by atoms with Crippen LogP contribution in [0, 0.1) is 0 Å². The second-order valence-electron chi connectivity index (χ2n) is 4.14. The minimum Gasteiger partial charge on any atom is -0.436 e. The number of nitrogens with one attached hydrogen (secondary N) is 1. The first-order valence-corrected chi connectivity index (χ1v) is 7.16. The molecule has 7 heteroatoms. The summed E-state index contributed by atoms with van der Waals surface area (Å²) in [4.78, 5) is 4.33. The number of nitrogens with zero attached hydrogens (tertiary/aromatic N) is 1. The lowest BCUT2D eigenvalue weighted by molar-refractivity contribution is 0.489. The van der Waals surface area contributed by atoms with Gasteiger partial charge in [-0.15, -0.1) is 0 Å². The normalized spacial score (nSPS) is 11.7. The van der Waals surface area contributed by atoms with E-state index in [0.29, 0.717) is 17.0 Å². The van der Waals surface area contributed by atoms with Gasteiger partial charge in [0, 0.05) is 5.56 Å². The topological polar surface area (TPSA) is 92.4 Å². The molecule has 1 heterocycles. The molecule has 1 aromatic heterocycles. The standard InChI is InChI=1S/C13H10N2O4S/c16-20(17,18)15-10-7-5-9(6-8-10)13-14-11-3-1-2-4-12(11)19-13/h1-8,15H,(H,16,17,18). The Morgan fingerprint density at radius 3 is 2.40 bits per heavy atom. The molecule has 0 amide bonds. The van der Waals surface area contributed by atoms with E-state index in [1.54, 1.807) is 12.1 Å². The Kier molecular flexibility index (Phi) is 2.92. The van der Waals surface area contributed by atoms with Gasteiger partial charge >= 0.3 is 10.3 Å². The van der Waals surface area contributed by atoms with Crippen molar-refractivity contribution in [2.45, 2.75) is 0 Å². The summed E-state index contributed by atoms with van der Waals surface area (Å²) < 4.78 is 37.6. The van der Waals surface area contributed by atoms with Crippen molar-refractivity contribution in [1.82, 2.24) is 4.98 Å². The third kappa shape index (κ3) is 2.63. The highest BCUT2D eigenvalue weighted by atomic mass is 32.2. The van der Waals surface area contributed by atoms with Crippen molar-refractivity contribution in [3.63, 3.8) is 0 Å². The molecule has 6 nitrogen and oxygen atoms in total. The molecule has 3 rings (SSSR count). The number of hydrogen-bond acceptors (Lipinski definition) is 4. The van der Waals surface area contributed by atoms with E-state index in [4.69, 9.17) is 8.97 Å². The van der Waals surface area contributed by atoms with Crippen LogP contribution in [-0.4, -0.2) is 18.0 Å². The second kappa shape index (κ2) is 4.62. The van der Waals surface area contributed by atoms with Gasteiger partial charge in [-0.3, -0.25) is 9.27 Å². The molecule has 0 aliphatic rings. The number of rotatable bonds is 3. The molecule has 0 bridgehead atoms. The van der Waals surface area contributed by atoms with Gasteiger partial charge in [0.05, 0.1) is 5.69 Å². The molecule has 0 atom stereocenters. The number of para-hydroxylation sites is 2. The minimum absolute atomic E-state index is 0.257. The van der Waals surface area contributed by atoms with E-state index in [2.05, 4.69) is 4.98 Å². The van der Waals surface area contributed by atoms with E-state index in [9.17, 15) is 8.42 Å². The van der Waals surface area contributed by atoms with E-state index in [1.807, 2.05) is 29.0 Å². The molecule has 0 saturated heterocycles. The summed E-state index contributed by atoms with van der Waals surface area (Å²) >= 11 is 0. The summed E-state index contributed by atoms with van der Waals surface area (Å²) in [5, 5.41) is 0. The predicted molar refractivity (Wildman–Crippen MR) is 74.6 cm³/mol. The van der Waals surface area contributed by atoms with E-state index >= 15 is 0 Å². The van der Waals surface area contributed by atoms with Crippen LogP contribution < -0.4 is 4.72 Å². The first-order valence-electron chi connectivity index (χ1n) is 5.72. The van der Waals surface area contributed by atoms with E-state index in [1.165, 1.54) is 12.1 Å². The van der Waals surface area contributed by atoms with E-state index in [0.717, 1.165) is 5.52 Å². The third-order valence-corrected chi connectivity index (χ3v) is 3.17. The first-order chi connectivity index (χ1) is 9.51. The highest BCUT2D eigenvalue weighted by Crippen LogP contribution is 2.25. The summed E-state index contributed by atoms with van der Waals surface area (Å²) in [5.41, 5.74) is 2.40. The zero-order chi connectivity index (χ0) is 14.2. The Labute approximate surface area is 114 Å². The smallest absolute Gasteiger partial charge is 0.357 e. The van der Waals surface area contributed by atoms with Crippen LogP contribution in [0.3, 0.4) is 0 Å². The maximum atomic E-state index is 10.7. The average Bonchev–Trinajstić information content (AvgIpc) is 2.81. The number of anilines is 1. The number of aromatic nitrogens is 1. The van der Waals surface area contributed by atoms with Gasteiger partial charge in [-0.2, -0.15) is 8.42 Å². The van der Waals surface area contributed by atoms with Crippen molar-refractivity contribution >= 4 is 27.1 Å². The lowest BCUT2D eigenvalue weighted by Gasteiger charge is -2.02. The Morgan fingerprint density at radius 2 is 1.75 bits per heavy atom. The fourth-order valence-corrected chi connectivity index (χ4v) is 2.26. The lowest BCUT2D eigenvalue weighted by atomic mass is 10.2. The highest BCUT2D eigenvalue weighted by molar-refractivity contribution is 7.87. The largest absolute Gasteiger partial charge is 0.436 e. The van der Waals surface area contributed by atoms with Crippen molar-refractivity contribution in [2.75, 3.05) is 4.72 Å². The minimum atomic E-state index is -4.26. The number of oxazole rings is 1. The quantitative estimate of drug-likeness (QED) is 0.723. The summed E-state index contributed by atoms with van der Waals surface area (Å²) in [6.07, 6.45) is 0. The third-order valence-electron chi connectivity index (χ3n) is 2.67. The monoisotopic (exact) mass is 290 g/mol. The molecule has 0 unspecified atom stereocenters. The molecular weight excluding hydrogens is 280 g/mol. The maximum Gasteiger partial charge on any atom is 0.357 e. The van der Waals surface area contributed by atoms with Crippen molar-refractivity contribution in [3.05, 3.63) is 48.5 Å². The van der Waals surface area contributed by atoms with Gasteiger partial charge < -0.3 is 4.42 Å². The van der Waals surface area contributed by atoms with Crippen LogP contribution in [0.5, 0.6) is 0 Å². The molecular formula is C13H10N2O4S. The molecule has 0 aliphatic carbocycles. The second-order valence-corrected chi connectivity index (χ2v) is 5.30. The molecule has 102 valence electrons. The van der Waals surface area contributed by atoms with Gasteiger partial charge in [0.15, 0.2) is 5.58 Å². The summed E-state index contributed by atoms with van der Waals surface area (Å²) in [7, 11) is -4.26. The number of hydrogen-bond donors (Lipinski definition) is 2. The molecule has 0 aliphatic heterocycles. The molecule has 0 radical (unpaired) electrons. The van der Waals surface area contributed by atoms with Crippen LogP contribution >= 0.6 is 0 Å². The van der Waals surface area contributed by atoms with Crippen molar-refractivity contribution in [3.8, 4) is 11.5 Å². The van der Waals surface area contributed by atoms with Gasteiger partial charge in [0.1, 0.15) is 5.52 Å². The molecule has 3 aromatic rings. The van der Waals surface area contributed by atoms with Crippen LogP contribution in [0.25, 0.3) is 22.6 Å². The zero-order valence-electron chi connectivity index (χ0n) is 10.1. The maximum absolute atomic E-state index is 10.7. The van der Waals surface area contributed by atoms with Crippen molar-refractivity contribution in [2.24, 2.45) is 0 Å². The van der Waals surface area contributed by atoms with Gasteiger partial charge in [0.2, 0.25) is 5.89 Å². The van der Waals surface area contributed by atoms with Gasteiger partial charge in [-0.25, -0.2) is 4.98 Å². The van der Waals surface area contributed by atoms with Crippen molar-refractivity contribution < 1.29 is 17.4 Å². The highest BCUT2D eigenvalue weighted by Gasteiger charge is 2.08. The Bertz CT molecular complexity index is 820. The molecule has 0 fully saturated rings. The molecule has 2 N–H and O–H groups in total. The average molecular weight is 290 g/mol. The van der Waals surface area contributed by atoms with Crippen LogP contribution in [0.2, 0.25) is 0 Å². The summed E-state index contributed by atoms with van der Waals surface area (Å²) in [6.45, 7) is 0. The molecule has 0 saturated carbocycles. The van der Waals surface area contributed by atoms with Crippen molar-refractivity contribution in [1.29, 1.82) is 0 Å². The summed E-state index contributed by atoms with van der Waals surface area (Å²) in [5.74, 6) is 0.449. The summed E-state index contributed by atoms with van der Waals surface area (Å²) in [6, 6.07) is 13.7. The fourth-order valence-electron chi connectivity index (χ4n) is 1.83. The van der Waals surface area contributed by atoms with Crippen LogP contribution in [0.4, 0.5) is 5.69 Å². The Hall–Kier alpha value is -2.38. The van der Waals surface area contributed by atoms with Gasteiger partial charge in [-0.05, 0) is 36.4 Å². The van der Waals surface area contributed by atoms with E-state index < -0.39 is 10.3 Å². The van der Waals surface area contributed by atoms with Crippen LogP contribution in [0.1, 0.15) is 0 Å². The molecule has 20 heavy (non-hydrogen) atoms. The number of fused-ring (bicyclic) bond motifs is 1. The predicted octanol–water partition coefficient (Wildman–Crippen LogP) is 2.71. The zero-order valence-corrected chi connectivity index (χ0v) is 11.0. The first kappa shape index (κ1) is 12.6. The van der Waals surface area contributed by atoms with Crippen LogP contribution in [-0.2, 0) is 10.3 Å². The molecule has 0 spiro atoms. The van der Waals surface area contributed by atoms with Gasteiger partial charge in [0.25, 0.3) is 0 Å². The Balaban J connectivity index is 1.94. The lowest BCUT2D eigenvalue weighted by Crippen LogP contribution is -2.09. The fraction of sp³-hybridized carbons (Fsp3) is 0. The molecule has 2 aromatic carbocycles. The van der Waals surface area contributed by atoms with Crippen LogP contribution in [0.15, 0.2) is 52.9 Å². The SMILES string of the molecule is O=S(=O)(O)Nc1ccc(-c2nc3ccccc3o2)cc1. The van der Waals surface area contributed by atoms with E-state index in [-0.39, 0.29) is 5.69 Å². The Morgan fingerprint density at radius 1 is 1.05 bits per heavy atom. The number of benzene rings is 2. The van der Waals surface area contributed by atoms with Gasteiger partial charge in [-0.1, -0.05) is 12.1 Å².